The van der Waals surface area contributed by atoms with Gasteiger partial charge in [0.1, 0.15) is 11.6 Å². The van der Waals surface area contributed by atoms with Gasteiger partial charge in [0.15, 0.2) is 0 Å². The van der Waals surface area contributed by atoms with Crippen molar-refractivity contribution in [3.63, 3.8) is 0 Å². The van der Waals surface area contributed by atoms with E-state index in [1.54, 1.807) is 0 Å². The van der Waals surface area contributed by atoms with Gasteiger partial charge in [0.2, 0.25) is 0 Å². The number of rotatable bonds is 5. The van der Waals surface area contributed by atoms with Crippen LogP contribution in [0.1, 0.15) is 23.2 Å². The fourth-order valence-electron chi connectivity index (χ4n) is 1.41. The molecule has 0 heterocycles. The van der Waals surface area contributed by atoms with Gasteiger partial charge in [-0.25, -0.2) is 9.18 Å². The van der Waals surface area contributed by atoms with Gasteiger partial charge in [-0.3, -0.25) is 4.79 Å². The number of hydrogen-bond acceptors (Lipinski definition) is 3. The molecule has 1 aromatic rings. The number of hydrogen-bond donors (Lipinski definition) is 1. The molecule has 5 heteroatoms. The van der Waals surface area contributed by atoms with Crippen molar-refractivity contribution in [1.82, 2.24) is 0 Å². The lowest BCUT2D eigenvalue weighted by Gasteiger charge is -2.09. The molecule has 4 nitrogen and oxygen atoms in total. The number of carboxylic acids is 1. The van der Waals surface area contributed by atoms with E-state index >= 15 is 0 Å². The maximum absolute atomic E-state index is 13.0. The smallest absolute Gasteiger partial charge is 0.377 e. The molecular weight excluding hydrogens is 227 g/mol. The van der Waals surface area contributed by atoms with Crippen LogP contribution in [0, 0.1) is 11.7 Å². The average molecular weight is 238 g/mol. The van der Waals surface area contributed by atoms with Crippen LogP contribution in [0.25, 0.3) is 0 Å². The molecule has 0 bridgehead atoms. The van der Waals surface area contributed by atoms with Gasteiger partial charge in [-0.2, -0.15) is 0 Å². The van der Waals surface area contributed by atoms with Gasteiger partial charge >= 0.3 is 5.97 Å². The fraction of sp³-hybridized carbons (Fsp3) is 0.333. The van der Waals surface area contributed by atoms with Gasteiger partial charge in [0, 0.05) is 0 Å². The second kappa shape index (κ2) is 4.53. The Morgan fingerprint density at radius 3 is 2.71 bits per heavy atom. The van der Waals surface area contributed by atoms with Crippen molar-refractivity contribution in [1.29, 1.82) is 0 Å². The Morgan fingerprint density at radius 1 is 1.41 bits per heavy atom. The van der Waals surface area contributed by atoms with E-state index in [0.29, 0.717) is 12.5 Å². The van der Waals surface area contributed by atoms with E-state index in [9.17, 15) is 14.0 Å². The van der Waals surface area contributed by atoms with Crippen molar-refractivity contribution in [2.24, 2.45) is 5.92 Å². The quantitative estimate of drug-likeness (QED) is 0.628. The van der Waals surface area contributed by atoms with Crippen LogP contribution in [0.4, 0.5) is 4.39 Å². The molecule has 1 aliphatic rings. The molecular formula is C12H11FO4. The predicted molar refractivity (Wildman–Crippen MR) is 56.6 cm³/mol. The Hall–Kier alpha value is -1.91. The van der Waals surface area contributed by atoms with E-state index in [1.165, 1.54) is 6.07 Å². The number of aliphatic carboxylic acids is 1. The summed E-state index contributed by atoms with van der Waals surface area (Å²) in [6.07, 6.45) is 2.15. The molecule has 0 aliphatic heterocycles. The Labute approximate surface area is 97.0 Å². The van der Waals surface area contributed by atoms with Crippen LogP contribution >= 0.6 is 0 Å². The topological polar surface area (TPSA) is 63.6 Å². The van der Waals surface area contributed by atoms with Crippen LogP contribution in [0.3, 0.4) is 0 Å². The first-order chi connectivity index (χ1) is 8.08. The minimum atomic E-state index is -1.62. The Morgan fingerprint density at radius 2 is 2.12 bits per heavy atom. The summed E-state index contributed by atoms with van der Waals surface area (Å²) in [5.41, 5.74) is -0.238. The van der Waals surface area contributed by atoms with Crippen LogP contribution < -0.4 is 4.74 Å². The fourth-order valence-corrected chi connectivity index (χ4v) is 1.41. The third-order valence-corrected chi connectivity index (χ3v) is 2.55. The molecule has 0 aromatic heterocycles. The minimum absolute atomic E-state index is 0.130. The molecule has 0 saturated heterocycles. The first-order valence-electron chi connectivity index (χ1n) is 5.28. The van der Waals surface area contributed by atoms with E-state index in [1.807, 2.05) is 0 Å². The highest BCUT2D eigenvalue weighted by atomic mass is 19.1. The van der Waals surface area contributed by atoms with E-state index < -0.39 is 17.6 Å². The number of halogens is 1. The first kappa shape index (κ1) is 11.6. The molecule has 1 fully saturated rings. The highest BCUT2D eigenvalue weighted by Gasteiger charge is 2.24. The second-order valence-electron chi connectivity index (χ2n) is 4.03. The number of ketones is 1. The lowest BCUT2D eigenvalue weighted by molar-refractivity contribution is -0.131. The van der Waals surface area contributed by atoms with Crippen LogP contribution in [-0.4, -0.2) is 23.5 Å². The third-order valence-electron chi connectivity index (χ3n) is 2.55. The summed E-state index contributed by atoms with van der Waals surface area (Å²) in [4.78, 5) is 21.9. The van der Waals surface area contributed by atoms with Crippen molar-refractivity contribution >= 4 is 11.8 Å². The number of carbonyl (C=O) groups excluding carboxylic acids is 1. The molecule has 1 aromatic carbocycles. The van der Waals surface area contributed by atoms with E-state index in [4.69, 9.17) is 9.84 Å². The van der Waals surface area contributed by atoms with Gasteiger partial charge in [-0.15, -0.1) is 0 Å². The van der Waals surface area contributed by atoms with Gasteiger partial charge < -0.3 is 9.84 Å². The normalized spacial score (nSPS) is 14.4. The molecule has 0 amide bonds. The molecule has 1 aliphatic carbocycles. The maximum atomic E-state index is 13.0. The summed E-state index contributed by atoms with van der Waals surface area (Å²) < 4.78 is 18.3. The molecule has 17 heavy (non-hydrogen) atoms. The van der Waals surface area contributed by atoms with Gasteiger partial charge in [0.25, 0.3) is 5.78 Å². The second-order valence-corrected chi connectivity index (χ2v) is 4.03. The minimum Gasteiger partial charge on any atom is -0.493 e. The summed E-state index contributed by atoms with van der Waals surface area (Å²) in [6.45, 7) is 0.436. The summed E-state index contributed by atoms with van der Waals surface area (Å²) in [5.74, 6) is -2.84. The van der Waals surface area contributed by atoms with E-state index in [2.05, 4.69) is 0 Å². The van der Waals surface area contributed by atoms with Crippen LogP contribution in [0.5, 0.6) is 5.75 Å². The van der Waals surface area contributed by atoms with Crippen molar-refractivity contribution in [3.05, 3.63) is 29.6 Å². The number of carbonyl (C=O) groups is 2. The number of Topliss-reactive ketones (excluding diaryl/α,β-unsaturated/α-hetero) is 1. The highest BCUT2D eigenvalue weighted by Crippen LogP contribution is 2.30. The van der Waals surface area contributed by atoms with Crippen molar-refractivity contribution in [2.75, 3.05) is 6.61 Å². The Bertz CT molecular complexity index is 466. The number of carboxylic acid groups (broad SMARTS) is 1. The number of benzene rings is 1. The molecule has 90 valence electrons. The first-order valence-corrected chi connectivity index (χ1v) is 5.28. The Balaban J connectivity index is 2.22. The van der Waals surface area contributed by atoms with Gasteiger partial charge in [0.05, 0.1) is 12.2 Å². The highest BCUT2D eigenvalue weighted by molar-refractivity contribution is 6.40. The zero-order valence-corrected chi connectivity index (χ0v) is 8.98. The summed E-state index contributed by atoms with van der Waals surface area (Å²) in [6, 6.07) is 3.31. The molecule has 0 radical (unpaired) electrons. The third kappa shape index (κ3) is 2.81. The van der Waals surface area contributed by atoms with Crippen LogP contribution in [0.2, 0.25) is 0 Å². The zero-order valence-electron chi connectivity index (χ0n) is 8.98. The number of ether oxygens (including phenoxy) is 1. The van der Waals surface area contributed by atoms with Crippen molar-refractivity contribution < 1.29 is 23.8 Å². The van der Waals surface area contributed by atoms with E-state index in [-0.39, 0.29) is 11.3 Å². The van der Waals surface area contributed by atoms with E-state index in [0.717, 1.165) is 25.0 Å². The van der Waals surface area contributed by atoms with Crippen molar-refractivity contribution in [2.45, 2.75) is 12.8 Å². The standard InChI is InChI=1S/C12H11FO4/c13-8-3-4-10(17-6-7-1-2-7)9(5-8)11(14)12(15)16/h3-5,7H,1-2,6H2,(H,15,16). The molecule has 0 atom stereocenters. The zero-order chi connectivity index (χ0) is 12.4. The summed E-state index contributed by atoms with van der Waals surface area (Å²) in [5, 5.41) is 8.61. The summed E-state index contributed by atoms with van der Waals surface area (Å²) in [7, 11) is 0. The predicted octanol–water partition coefficient (Wildman–Crippen LogP) is 1.88. The average Bonchev–Trinajstić information content (AvgIpc) is 3.10. The van der Waals surface area contributed by atoms with Gasteiger partial charge in [-0.1, -0.05) is 0 Å². The monoisotopic (exact) mass is 238 g/mol. The van der Waals surface area contributed by atoms with Crippen molar-refractivity contribution in [3.8, 4) is 5.75 Å². The lowest BCUT2D eigenvalue weighted by atomic mass is 10.1. The SMILES string of the molecule is O=C(O)C(=O)c1cc(F)ccc1OCC1CC1. The molecule has 1 N–H and O–H groups in total. The molecule has 1 saturated carbocycles. The largest absolute Gasteiger partial charge is 0.493 e. The molecule has 0 spiro atoms. The maximum Gasteiger partial charge on any atom is 0.377 e. The summed E-state index contributed by atoms with van der Waals surface area (Å²) >= 11 is 0. The van der Waals surface area contributed by atoms with Crippen LogP contribution in [0.15, 0.2) is 18.2 Å². The Kier molecular flexibility index (Phi) is 3.08. The van der Waals surface area contributed by atoms with Crippen LogP contribution in [-0.2, 0) is 4.79 Å². The lowest BCUT2D eigenvalue weighted by Crippen LogP contribution is -2.15. The van der Waals surface area contributed by atoms with Gasteiger partial charge in [-0.05, 0) is 37.0 Å². The molecule has 2 rings (SSSR count). The molecule has 0 unspecified atom stereocenters.